The average Bonchev–Trinajstić information content (AvgIpc) is 2.33. The van der Waals surface area contributed by atoms with E-state index in [1.165, 1.54) is 6.20 Å². The van der Waals surface area contributed by atoms with Crippen molar-refractivity contribution in [2.24, 2.45) is 0 Å². The fraction of sp³-hybridized carbons (Fsp3) is 0.143. The average molecular weight is 246 g/mol. The Labute approximate surface area is 105 Å². The van der Waals surface area contributed by atoms with Gasteiger partial charge in [-0.05, 0) is 37.1 Å². The quantitative estimate of drug-likeness (QED) is 0.598. The minimum Gasteiger partial charge on any atom is -0.289 e. The number of ketones is 1. The number of rotatable bonds is 2. The van der Waals surface area contributed by atoms with E-state index < -0.39 is 0 Å². The van der Waals surface area contributed by atoms with Crippen molar-refractivity contribution in [3.8, 4) is 0 Å². The molecule has 1 aromatic heterocycles. The van der Waals surface area contributed by atoms with E-state index in [2.05, 4.69) is 4.98 Å². The minimum atomic E-state index is -0.0182. The number of aryl methyl sites for hydroxylation is 1. The molecule has 1 aromatic carbocycles. The van der Waals surface area contributed by atoms with Gasteiger partial charge in [0.15, 0.2) is 5.78 Å². The van der Waals surface area contributed by atoms with Gasteiger partial charge in [0, 0.05) is 17.3 Å². The largest absolute Gasteiger partial charge is 0.289 e. The van der Waals surface area contributed by atoms with Gasteiger partial charge >= 0.3 is 0 Å². The van der Waals surface area contributed by atoms with Gasteiger partial charge in [0.25, 0.3) is 0 Å². The highest BCUT2D eigenvalue weighted by molar-refractivity contribution is 6.29. The Hall–Kier alpha value is -1.67. The van der Waals surface area contributed by atoms with Crippen LogP contribution in [0.4, 0.5) is 0 Å². The molecule has 0 atom stereocenters. The van der Waals surface area contributed by atoms with Crippen molar-refractivity contribution in [2.45, 2.75) is 13.8 Å². The molecular formula is C14H12ClNO. The van der Waals surface area contributed by atoms with Gasteiger partial charge in [-0.15, -0.1) is 0 Å². The number of benzene rings is 1. The number of carbonyl (C=O) groups excluding carboxylic acids is 1. The van der Waals surface area contributed by atoms with Gasteiger partial charge < -0.3 is 0 Å². The molecule has 2 rings (SSSR count). The topological polar surface area (TPSA) is 30.0 Å². The maximum absolute atomic E-state index is 12.2. The molecule has 0 aliphatic carbocycles. The van der Waals surface area contributed by atoms with Crippen LogP contribution >= 0.6 is 11.6 Å². The second kappa shape index (κ2) is 4.68. The second-order valence-corrected chi connectivity index (χ2v) is 4.33. The van der Waals surface area contributed by atoms with E-state index in [-0.39, 0.29) is 5.78 Å². The molecule has 0 saturated carbocycles. The first-order valence-corrected chi connectivity index (χ1v) is 5.70. The summed E-state index contributed by atoms with van der Waals surface area (Å²) in [7, 11) is 0. The third-order valence-corrected chi connectivity index (χ3v) is 3.06. The maximum Gasteiger partial charge on any atom is 0.194 e. The summed E-state index contributed by atoms with van der Waals surface area (Å²) in [6.45, 7) is 3.94. The molecule has 3 heteroatoms. The van der Waals surface area contributed by atoms with E-state index in [4.69, 9.17) is 11.6 Å². The fourth-order valence-electron chi connectivity index (χ4n) is 1.66. The second-order valence-electron chi connectivity index (χ2n) is 3.95. The Bertz CT molecular complexity index is 561. The van der Waals surface area contributed by atoms with Crippen molar-refractivity contribution >= 4 is 17.4 Å². The van der Waals surface area contributed by atoms with E-state index in [1.54, 1.807) is 12.1 Å². The molecule has 0 fully saturated rings. The predicted molar refractivity (Wildman–Crippen MR) is 68.6 cm³/mol. The number of hydrogen-bond acceptors (Lipinski definition) is 2. The number of aromatic nitrogens is 1. The van der Waals surface area contributed by atoms with Gasteiger partial charge in [0.2, 0.25) is 0 Å². The Kier molecular flexibility index (Phi) is 3.25. The van der Waals surface area contributed by atoms with Crippen LogP contribution in [0.1, 0.15) is 27.0 Å². The maximum atomic E-state index is 12.2. The Morgan fingerprint density at radius 2 is 1.94 bits per heavy atom. The summed E-state index contributed by atoms with van der Waals surface area (Å²) < 4.78 is 0. The number of nitrogens with zero attached hydrogens (tertiary/aromatic N) is 1. The molecule has 0 saturated heterocycles. The van der Waals surface area contributed by atoms with Crippen molar-refractivity contribution in [2.75, 3.05) is 0 Å². The third-order valence-electron chi connectivity index (χ3n) is 2.84. The summed E-state index contributed by atoms with van der Waals surface area (Å²) in [4.78, 5) is 16.2. The first kappa shape index (κ1) is 11.8. The van der Waals surface area contributed by atoms with Crippen LogP contribution in [0.2, 0.25) is 5.15 Å². The lowest BCUT2D eigenvalue weighted by Crippen LogP contribution is -2.05. The standard InChI is InChI=1S/C14H12ClNO/c1-9-4-3-5-12(10(9)2)14(17)11-6-7-13(15)16-8-11/h3-8H,1-2H3. The molecule has 0 amide bonds. The lowest BCUT2D eigenvalue weighted by molar-refractivity contribution is 0.103. The Balaban J connectivity index is 2.44. The normalized spacial score (nSPS) is 10.3. The van der Waals surface area contributed by atoms with Gasteiger partial charge in [-0.1, -0.05) is 29.8 Å². The van der Waals surface area contributed by atoms with Crippen LogP contribution in [0.25, 0.3) is 0 Å². The van der Waals surface area contributed by atoms with Gasteiger partial charge in [0.05, 0.1) is 0 Å². The molecule has 2 aromatic rings. The highest BCUT2D eigenvalue weighted by Gasteiger charge is 2.12. The molecule has 1 heterocycles. The lowest BCUT2D eigenvalue weighted by Gasteiger charge is -2.07. The van der Waals surface area contributed by atoms with Crippen LogP contribution in [0.3, 0.4) is 0 Å². The zero-order valence-corrected chi connectivity index (χ0v) is 10.5. The molecule has 17 heavy (non-hydrogen) atoms. The number of carbonyl (C=O) groups is 1. The zero-order valence-electron chi connectivity index (χ0n) is 9.70. The Morgan fingerprint density at radius 3 is 2.59 bits per heavy atom. The van der Waals surface area contributed by atoms with Crippen molar-refractivity contribution in [1.82, 2.24) is 4.98 Å². The van der Waals surface area contributed by atoms with Crippen LogP contribution in [0.5, 0.6) is 0 Å². The Morgan fingerprint density at radius 1 is 1.18 bits per heavy atom. The van der Waals surface area contributed by atoms with Crippen molar-refractivity contribution in [3.05, 3.63) is 63.9 Å². The molecule has 0 spiro atoms. The molecule has 0 radical (unpaired) electrons. The number of pyridine rings is 1. The summed E-state index contributed by atoms with van der Waals surface area (Å²) in [6.07, 6.45) is 1.51. The van der Waals surface area contributed by atoms with E-state index in [1.807, 2.05) is 32.0 Å². The van der Waals surface area contributed by atoms with Crippen LogP contribution in [-0.2, 0) is 0 Å². The first-order valence-electron chi connectivity index (χ1n) is 5.32. The van der Waals surface area contributed by atoms with Gasteiger partial charge in [-0.3, -0.25) is 4.79 Å². The van der Waals surface area contributed by atoms with E-state index in [9.17, 15) is 4.79 Å². The van der Waals surface area contributed by atoms with E-state index >= 15 is 0 Å². The minimum absolute atomic E-state index is 0.0182. The highest BCUT2D eigenvalue weighted by Crippen LogP contribution is 2.17. The summed E-state index contributed by atoms with van der Waals surface area (Å²) >= 11 is 5.70. The van der Waals surface area contributed by atoms with Crippen LogP contribution in [0.15, 0.2) is 36.5 Å². The number of halogens is 1. The van der Waals surface area contributed by atoms with Crippen molar-refractivity contribution < 1.29 is 4.79 Å². The van der Waals surface area contributed by atoms with Crippen molar-refractivity contribution in [1.29, 1.82) is 0 Å². The molecule has 0 bridgehead atoms. The smallest absolute Gasteiger partial charge is 0.194 e. The lowest BCUT2D eigenvalue weighted by atomic mass is 9.97. The summed E-state index contributed by atoms with van der Waals surface area (Å²) in [5.41, 5.74) is 3.39. The SMILES string of the molecule is Cc1cccc(C(=O)c2ccc(Cl)nc2)c1C. The van der Waals surface area contributed by atoms with Crippen molar-refractivity contribution in [3.63, 3.8) is 0 Å². The first-order chi connectivity index (χ1) is 8.09. The molecule has 0 aliphatic heterocycles. The molecule has 2 nitrogen and oxygen atoms in total. The fourth-order valence-corrected chi connectivity index (χ4v) is 1.77. The summed E-state index contributed by atoms with van der Waals surface area (Å²) in [5.74, 6) is -0.0182. The van der Waals surface area contributed by atoms with Gasteiger partial charge in [-0.25, -0.2) is 4.98 Å². The monoisotopic (exact) mass is 245 g/mol. The van der Waals surface area contributed by atoms with Crippen LogP contribution in [-0.4, -0.2) is 10.8 Å². The number of hydrogen-bond donors (Lipinski definition) is 0. The zero-order chi connectivity index (χ0) is 12.4. The summed E-state index contributed by atoms with van der Waals surface area (Å²) in [6, 6.07) is 9.03. The molecule has 0 aliphatic rings. The summed E-state index contributed by atoms with van der Waals surface area (Å²) in [5, 5.41) is 0.391. The highest BCUT2D eigenvalue weighted by atomic mass is 35.5. The van der Waals surface area contributed by atoms with E-state index in [0.717, 1.165) is 11.1 Å². The molecular weight excluding hydrogens is 234 g/mol. The predicted octanol–water partition coefficient (Wildman–Crippen LogP) is 3.58. The molecule has 86 valence electrons. The van der Waals surface area contributed by atoms with Gasteiger partial charge in [-0.2, -0.15) is 0 Å². The third kappa shape index (κ3) is 2.37. The molecule has 0 unspecified atom stereocenters. The molecule has 0 N–H and O–H groups in total. The van der Waals surface area contributed by atoms with E-state index in [0.29, 0.717) is 16.3 Å². The van der Waals surface area contributed by atoms with Crippen LogP contribution < -0.4 is 0 Å². The van der Waals surface area contributed by atoms with Gasteiger partial charge in [0.1, 0.15) is 5.15 Å². The van der Waals surface area contributed by atoms with Crippen LogP contribution in [0, 0.1) is 13.8 Å².